The van der Waals surface area contributed by atoms with Crippen molar-refractivity contribution in [1.82, 2.24) is 5.32 Å². The Morgan fingerprint density at radius 1 is 1.42 bits per heavy atom. The number of carbonyl (C=O) groups is 1. The lowest BCUT2D eigenvalue weighted by molar-refractivity contribution is -0.117. The van der Waals surface area contributed by atoms with Crippen LogP contribution in [0, 0.1) is 18.3 Å². The minimum absolute atomic E-state index is 0.0589. The number of benzene rings is 1. The van der Waals surface area contributed by atoms with E-state index in [1.54, 1.807) is 0 Å². The zero-order chi connectivity index (χ0) is 14.3. The molecule has 0 aliphatic rings. The molecule has 19 heavy (non-hydrogen) atoms. The van der Waals surface area contributed by atoms with E-state index in [-0.39, 0.29) is 17.5 Å². The molecule has 0 saturated heterocycles. The second kappa shape index (κ2) is 7.22. The summed E-state index contributed by atoms with van der Waals surface area (Å²) in [6.45, 7) is 5.88. The van der Waals surface area contributed by atoms with Gasteiger partial charge in [0, 0.05) is 17.9 Å². The fourth-order valence-electron chi connectivity index (χ4n) is 1.36. The Labute approximate surface area is 114 Å². The number of aryl methyl sites for hydroxylation is 1. The van der Waals surface area contributed by atoms with Gasteiger partial charge < -0.3 is 10.6 Å². The predicted octanol–water partition coefficient (Wildman–Crippen LogP) is 2.73. The highest BCUT2D eigenvalue weighted by atomic mass is 16.1. The maximum Gasteiger partial charge on any atom is 0.263 e. The van der Waals surface area contributed by atoms with Crippen molar-refractivity contribution in [1.29, 1.82) is 5.26 Å². The molecule has 100 valence electrons. The molecule has 0 spiro atoms. The van der Waals surface area contributed by atoms with Crippen LogP contribution in [0.4, 0.5) is 5.69 Å². The lowest BCUT2D eigenvalue weighted by Gasteiger charge is -2.10. The van der Waals surface area contributed by atoms with Gasteiger partial charge in [0.1, 0.15) is 11.6 Å². The van der Waals surface area contributed by atoms with Crippen molar-refractivity contribution in [3.05, 3.63) is 41.6 Å². The van der Waals surface area contributed by atoms with E-state index in [1.807, 2.05) is 51.1 Å². The third-order valence-electron chi connectivity index (χ3n) is 2.79. The normalized spacial score (nSPS) is 12.4. The molecule has 0 aromatic heterocycles. The molecule has 4 heteroatoms. The van der Waals surface area contributed by atoms with E-state index in [0.717, 1.165) is 17.7 Å². The molecule has 1 rings (SSSR count). The van der Waals surface area contributed by atoms with E-state index in [2.05, 4.69) is 10.6 Å². The average Bonchev–Trinajstić information content (AvgIpc) is 2.41. The van der Waals surface area contributed by atoms with Gasteiger partial charge >= 0.3 is 0 Å². The molecule has 1 amide bonds. The largest absolute Gasteiger partial charge is 0.360 e. The van der Waals surface area contributed by atoms with Crippen molar-refractivity contribution in [3.63, 3.8) is 0 Å². The molecule has 2 N–H and O–H groups in total. The van der Waals surface area contributed by atoms with Crippen LogP contribution in [0.5, 0.6) is 0 Å². The summed E-state index contributed by atoms with van der Waals surface area (Å²) in [5.41, 5.74) is 2.07. The van der Waals surface area contributed by atoms with Crippen LogP contribution in [-0.2, 0) is 4.79 Å². The molecular weight excluding hydrogens is 238 g/mol. The number of nitrogens with zero attached hydrogens (tertiary/aromatic N) is 1. The van der Waals surface area contributed by atoms with E-state index in [9.17, 15) is 4.79 Å². The number of nitriles is 1. The third-order valence-corrected chi connectivity index (χ3v) is 2.79. The van der Waals surface area contributed by atoms with Gasteiger partial charge in [-0.25, -0.2) is 0 Å². The highest BCUT2D eigenvalue weighted by Crippen LogP contribution is 2.09. The van der Waals surface area contributed by atoms with E-state index in [4.69, 9.17) is 5.26 Å². The quantitative estimate of drug-likeness (QED) is 0.629. The van der Waals surface area contributed by atoms with Crippen LogP contribution in [0.2, 0.25) is 0 Å². The molecule has 0 radical (unpaired) electrons. The van der Waals surface area contributed by atoms with Gasteiger partial charge in [-0.2, -0.15) is 5.26 Å². The summed E-state index contributed by atoms with van der Waals surface area (Å²) >= 11 is 0. The van der Waals surface area contributed by atoms with Crippen molar-refractivity contribution in [3.8, 4) is 6.07 Å². The molecule has 1 aromatic rings. The van der Waals surface area contributed by atoms with Gasteiger partial charge in [0.2, 0.25) is 0 Å². The number of nitrogens with one attached hydrogen (secondary N) is 2. The van der Waals surface area contributed by atoms with Crippen LogP contribution in [0.15, 0.2) is 36.0 Å². The number of amides is 1. The Kier molecular flexibility index (Phi) is 5.62. The number of anilines is 1. The molecule has 0 saturated carbocycles. The molecule has 1 aromatic carbocycles. The van der Waals surface area contributed by atoms with Crippen LogP contribution in [0.25, 0.3) is 0 Å². The molecule has 1 unspecified atom stereocenters. The van der Waals surface area contributed by atoms with Crippen LogP contribution in [0.3, 0.4) is 0 Å². The molecule has 1 atom stereocenters. The number of hydrogen-bond acceptors (Lipinski definition) is 3. The monoisotopic (exact) mass is 257 g/mol. The first-order valence-corrected chi connectivity index (χ1v) is 6.31. The summed E-state index contributed by atoms with van der Waals surface area (Å²) < 4.78 is 0. The second-order valence-electron chi connectivity index (χ2n) is 4.46. The first-order chi connectivity index (χ1) is 9.06. The van der Waals surface area contributed by atoms with Gasteiger partial charge in [0.25, 0.3) is 5.91 Å². The molecule has 0 bridgehead atoms. The first kappa shape index (κ1) is 14.8. The van der Waals surface area contributed by atoms with Gasteiger partial charge in [-0.3, -0.25) is 4.79 Å². The van der Waals surface area contributed by atoms with Crippen molar-refractivity contribution in [2.75, 3.05) is 5.32 Å². The Morgan fingerprint density at radius 3 is 2.58 bits per heavy atom. The van der Waals surface area contributed by atoms with Crippen LogP contribution >= 0.6 is 0 Å². The predicted molar refractivity (Wildman–Crippen MR) is 76.4 cm³/mol. The third kappa shape index (κ3) is 4.84. The molecule has 4 nitrogen and oxygen atoms in total. The molecular formula is C15H19N3O. The van der Waals surface area contributed by atoms with Crippen LogP contribution < -0.4 is 10.6 Å². The van der Waals surface area contributed by atoms with Gasteiger partial charge in [-0.1, -0.05) is 24.6 Å². The number of rotatable bonds is 5. The standard InChI is InChI=1S/C15H19N3O/c1-4-12(3)18-15(19)13(9-16)10-17-14-7-5-11(2)6-8-14/h5-8,10,12,17H,4H2,1-3H3,(H,18,19)/b13-10-. The molecule has 0 fully saturated rings. The zero-order valence-corrected chi connectivity index (χ0v) is 11.5. The maximum atomic E-state index is 11.8. The van der Waals surface area contributed by atoms with Crippen LogP contribution in [-0.4, -0.2) is 11.9 Å². The zero-order valence-electron chi connectivity index (χ0n) is 11.5. The number of hydrogen-bond donors (Lipinski definition) is 2. The van der Waals surface area contributed by atoms with Crippen molar-refractivity contribution < 1.29 is 4.79 Å². The lowest BCUT2D eigenvalue weighted by Crippen LogP contribution is -2.33. The highest BCUT2D eigenvalue weighted by molar-refractivity contribution is 5.97. The summed E-state index contributed by atoms with van der Waals surface area (Å²) in [4.78, 5) is 11.8. The molecule has 0 heterocycles. The second-order valence-corrected chi connectivity index (χ2v) is 4.46. The fourth-order valence-corrected chi connectivity index (χ4v) is 1.36. The summed E-state index contributed by atoms with van der Waals surface area (Å²) in [6, 6.07) is 9.67. The van der Waals surface area contributed by atoms with E-state index in [1.165, 1.54) is 6.20 Å². The summed E-state index contributed by atoms with van der Waals surface area (Å²) in [7, 11) is 0. The minimum Gasteiger partial charge on any atom is -0.360 e. The number of carbonyl (C=O) groups excluding carboxylic acids is 1. The highest BCUT2D eigenvalue weighted by Gasteiger charge is 2.10. The molecule has 0 aliphatic carbocycles. The lowest BCUT2D eigenvalue weighted by atomic mass is 10.2. The summed E-state index contributed by atoms with van der Waals surface area (Å²) in [5.74, 6) is -0.350. The van der Waals surface area contributed by atoms with Gasteiger partial charge in [0.05, 0.1) is 0 Å². The Balaban J connectivity index is 2.69. The SMILES string of the molecule is CCC(C)NC(=O)/C(C#N)=C\Nc1ccc(C)cc1. The fraction of sp³-hybridized carbons (Fsp3) is 0.333. The average molecular weight is 257 g/mol. The van der Waals surface area contributed by atoms with Gasteiger partial charge in [-0.15, -0.1) is 0 Å². The van der Waals surface area contributed by atoms with Gasteiger partial charge in [0.15, 0.2) is 0 Å². The Morgan fingerprint density at radius 2 is 2.05 bits per heavy atom. The first-order valence-electron chi connectivity index (χ1n) is 6.31. The summed E-state index contributed by atoms with van der Waals surface area (Å²) in [5, 5.41) is 14.7. The van der Waals surface area contributed by atoms with Crippen molar-refractivity contribution in [2.45, 2.75) is 33.2 Å². The minimum atomic E-state index is -0.350. The van der Waals surface area contributed by atoms with E-state index in [0.29, 0.717) is 0 Å². The topological polar surface area (TPSA) is 64.9 Å². The van der Waals surface area contributed by atoms with Gasteiger partial charge in [-0.05, 0) is 32.4 Å². The Hall–Kier alpha value is -2.28. The van der Waals surface area contributed by atoms with E-state index >= 15 is 0 Å². The van der Waals surface area contributed by atoms with E-state index < -0.39 is 0 Å². The van der Waals surface area contributed by atoms with Crippen molar-refractivity contribution in [2.24, 2.45) is 0 Å². The smallest absolute Gasteiger partial charge is 0.263 e. The Bertz CT molecular complexity index is 497. The molecule has 0 aliphatic heterocycles. The summed E-state index contributed by atoms with van der Waals surface area (Å²) in [6.07, 6.45) is 2.26. The van der Waals surface area contributed by atoms with Crippen molar-refractivity contribution >= 4 is 11.6 Å². The maximum absolute atomic E-state index is 11.8. The van der Waals surface area contributed by atoms with Crippen LogP contribution in [0.1, 0.15) is 25.8 Å².